The lowest BCUT2D eigenvalue weighted by Gasteiger charge is -2.37. The minimum absolute atomic E-state index is 0.180. The zero-order valence-corrected chi connectivity index (χ0v) is 11.9. The van der Waals surface area contributed by atoms with Crippen LogP contribution in [0.15, 0.2) is 24.3 Å². The smallest absolute Gasteiger partial charge is 0.230 e. The van der Waals surface area contributed by atoms with Gasteiger partial charge < -0.3 is 9.80 Å². The summed E-state index contributed by atoms with van der Waals surface area (Å²) in [6.45, 7) is 3.27. The molecule has 0 saturated carbocycles. The fourth-order valence-electron chi connectivity index (χ4n) is 3.64. The van der Waals surface area contributed by atoms with Crippen LogP contribution in [-0.2, 0) is 11.3 Å². The van der Waals surface area contributed by atoms with Crippen molar-refractivity contribution in [2.45, 2.75) is 25.8 Å². The minimum Gasteiger partial charge on any atom is -0.338 e. The van der Waals surface area contributed by atoms with Gasteiger partial charge in [-0.3, -0.25) is 4.79 Å². The van der Waals surface area contributed by atoms with E-state index in [-0.39, 0.29) is 17.1 Å². The molecule has 3 nitrogen and oxygen atoms in total. The molecule has 3 rings (SSSR count). The number of likely N-dealkylation sites (tertiary alicyclic amines) is 2. The quantitative estimate of drug-likeness (QED) is 0.827. The minimum atomic E-state index is -0.235. The highest BCUT2D eigenvalue weighted by Gasteiger charge is 2.47. The Morgan fingerprint density at radius 3 is 2.90 bits per heavy atom. The molecule has 108 valence electrons. The van der Waals surface area contributed by atoms with Gasteiger partial charge in [0.2, 0.25) is 5.91 Å². The maximum Gasteiger partial charge on any atom is 0.230 e. The molecule has 2 fully saturated rings. The highest BCUT2D eigenvalue weighted by Crippen LogP contribution is 2.40. The monoisotopic (exact) mass is 276 g/mol. The van der Waals surface area contributed by atoms with Crippen molar-refractivity contribution in [3.05, 3.63) is 35.6 Å². The van der Waals surface area contributed by atoms with Crippen LogP contribution < -0.4 is 0 Å². The first kappa shape index (κ1) is 13.6. The summed E-state index contributed by atoms with van der Waals surface area (Å²) in [5, 5.41) is 0. The Kier molecular flexibility index (Phi) is 3.50. The molecule has 20 heavy (non-hydrogen) atoms. The van der Waals surface area contributed by atoms with Crippen molar-refractivity contribution in [3.63, 3.8) is 0 Å². The average Bonchev–Trinajstić information content (AvgIpc) is 2.68. The molecule has 2 saturated heterocycles. The van der Waals surface area contributed by atoms with Gasteiger partial charge in [0.05, 0.1) is 5.41 Å². The van der Waals surface area contributed by atoms with Gasteiger partial charge in [0, 0.05) is 19.6 Å². The number of halogens is 1. The Labute approximate surface area is 119 Å². The third-order valence-corrected chi connectivity index (χ3v) is 4.63. The van der Waals surface area contributed by atoms with E-state index < -0.39 is 0 Å². The highest BCUT2D eigenvalue weighted by molar-refractivity contribution is 5.85. The predicted molar refractivity (Wildman–Crippen MR) is 75.6 cm³/mol. The molecule has 0 bridgehead atoms. The van der Waals surface area contributed by atoms with E-state index in [1.54, 1.807) is 6.07 Å². The zero-order chi connectivity index (χ0) is 14.2. The van der Waals surface area contributed by atoms with Crippen LogP contribution >= 0.6 is 0 Å². The number of hydrogen-bond acceptors (Lipinski definition) is 2. The molecule has 1 aromatic rings. The standard InChI is InChI=1S/C16H21FN2O/c1-18-8-3-6-16(12-18)7-9-19(15(16)20)11-13-4-2-5-14(17)10-13/h2,4-5,10H,3,6-9,11-12H2,1H3/t16-/m0/s1. The highest BCUT2D eigenvalue weighted by atomic mass is 19.1. The SMILES string of the molecule is CN1CCC[C@]2(CCN(Cc3cccc(F)c3)C2=O)C1. The van der Waals surface area contributed by atoms with E-state index in [0.717, 1.165) is 44.5 Å². The number of carbonyl (C=O) groups is 1. The van der Waals surface area contributed by atoms with E-state index in [4.69, 9.17) is 0 Å². The molecule has 0 aliphatic carbocycles. The first-order valence-electron chi connectivity index (χ1n) is 7.31. The number of amides is 1. The van der Waals surface area contributed by atoms with E-state index in [1.807, 2.05) is 11.0 Å². The summed E-state index contributed by atoms with van der Waals surface area (Å²) in [4.78, 5) is 16.9. The van der Waals surface area contributed by atoms with Crippen LogP contribution in [0.1, 0.15) is 24.8 Å². The van der Waals surface area contributed by atoms with Crippen molar-refractivity contribution >= 4 is 5.91 Å². The van der Waals surface area contributed by atoms with E-state index in [1.165, 1.54) is 12.1 Å². The zero-order valence-electron chi connectivity index (χ0n) is 11.9. The van der Waals surface area contributed by atoms with Crippen LogP contribution in [0.4, 0.5) is 4.39 Å². The normalized spacial score (nSPS) is 27.5. The van der Waals surface area contributed by atoms with Gasteiger partial charge in [-0.1, -0.05) is 12.1 Å². The molecule has 2 aliphatic heterocycles. The lowest BCUT2D eigenvalue weighted by Crippen LogP contribution is -2.46. The van der Waals surface area contributed by atoms with Crippen molar-refractivity contribution in [1.82, 2.24) is 9.80 Å². The number of carbonyl (C=O) groups excluding carboxylic acids is 1. The summed E-state index contributed by atoms with van der Waals surface area (Å²) >= 11 is 0. The number of hydrogen-bond donors (Lipinski definition) is 0. The maximum atomic E-state index is 13.2. The van der Waals surface area contributed by atoms with Gasteiger partial charge in [-0.2, -0.15) is 0 Å². The van der Waals surface area contributed by atoms with Crippen molar-refractivity contribution in [1.29, 1.82) is 0 Å². The second-order valence-electron chi connectivity index (χ2n) is 6.23. The summed E-state index contributed by atoms with van der Waals surface area (Å²) in [6, 6.07) is 6.54. The number of piperidine rings is 1. The van der Waals surface area contributed by atoms with Crippen LogP contribution in [0.25, 0.3) is 0 Å². The van der Waals surface area contributed by atoms with E-state index in [9.17, 15) is 9.18 Å². The largest absolute Gasteiger partial charge is 0.338 e. The summed E-state index contributed by atoms with van der Waals surface area (Å²) in [5.74, 6) is 0.0228. The first-order valence-corrected chi connectivity index (χ1v) is 7.31. The van der Waals surface area contributed by atoms with Gasteiger partial charge in [-0.05, 0) is 50.6 Å². The molecule has 0 radical (unpaired) electrons. The number of rotatable bonds is 2. The average molecular weight is 276 g/mol. The Bertz CT molecular complexity index is 519. The third kappa shape index (κ3) is 2.44. The lowest BCUT2D eigenvalue weighted by molar-refractivity contribution is -0.139. The molecular weight excluding hydrogens is 255 g/mol. The summed E-state index contributed by atoms with van der Waals surface area (Å²) in [5.41, 5.74) is 0.694. The molecule has 2 heterocycles. The Balaban J connectivity index is 1.72. The van der Waals surface area contributed by atoms with Crippen LogP contribution in [0.3, 0.4) is 0 Å². The van der Waals surface area contributed by atoms with Gasteiger partial charge >= 0.3 is 0 Å². The molecule has 0 unspecified atom stereocenters. The summed E-state index contributed by atoms with van der Waals surface area (Å²) in [7, 11) is 2.09. The van der Waals surface area contributed by atoms with E-state index >= 15 is 0 Å². The van der Waals surface area contributed by atoms with Gasteiger partial charge in [0.15, 0.2) is 0 Å². The fourth-order valence-corrected chi connectivity index (χ4v) is 3.64. The predicted octanol–water partition coefficient (Wildman–Crippen LogP) is 2.27. The molecule has 0 aromatic heterocycles. The van der Waals surface area contributed by atoms with Crippen LogP contribution in [0.2, 0.25) is 0 Å². The van der Waals surface area contributed by atoms with Gasteiger partial charge in [-0.25, -0.2) is 4.39 Å². The third-order valence-electron chi connectivity index (χ3n) is 4.63. The van der Waals surface area contributed by atoms with Crippen molar-refractivity contribution < 1.29 is 9.18 Å². The molecule has 1 amide bonds. The van der Waals surface area contributed by atoms with Crippen LogP contribution in [0.5, 0.6) is 0 Å². The van der Waals surface area contributed by atoms with Crippen molar-refractivity contribution in [2.75, 3.05) is 26.7 Å². The molecule has 1 spiro atoms. The van der Waals surface area contributed by atoms with Crippen LogP contribution in [0, 0.1) is 11.2 Å². The molecule has 1 atom stereocenters. The maximum absolute atomic E-state index is 13.2. The summed E-state index contributed by atoms with van der Waals surface area (Å²) in [6.07, 6.45) is 3.03. The lowest BCUT2D eigenvalue weighted by atomic mass is 9.78. The first-order chi connectivity index (χ1) is 9.59. The Hall–Kier alpha value is -1.42. The topological polar surface area (TPSA) is 23.6 Å². The number of nitrogens with zero attached hydrogens (tertiary/aromatic N) is 2. The van der Waals surface area contributed by atoms with Gasteiger partial charge in [0.1, 0.15) is 5.82 Å². The Morgan fingerprint density at radius 1 is 1.30 bits per heavy atom. The van der Waals surface area contributed by atoms with Crippen molar-refractivity contribution in [2.24, 2.45) is 5.41 Å². The molecule has 0 N–H and O–H groups in total. The summed E-state index contributed by atoms with van der Waals surface area (Å²) < 4.78 is 13.2. The second-order valence-corrected chi connectivity index (χ2v) is 6.23. The van der Waals surface area contributed by atoms with Gasteiger partial charge in [-0.15, -0.1) is 0 Å². The molecular formula is C16H21FN2O. The number of benzene rings is 1. The van der Waals surface area contributed by atoms with Gasteiger partial charge in [0.25, 0.3) is 0 Å². The fraction of sp³-hybridized carbons (Fsp3) is 0.562. The molecule has 1 aromatic carbocycles. The van der Waals surface area contributed by atoms with E-state index in [2.05, 4.69) is 11.9 Å². The van der Waals surface area contributed by atoms with Crippen LogP contribution in [-0.4, -0.2) is 42.4 Å². The van der Waals surface area contributed by atoms with Crippen molar-refractivity contribution in [3.8, 4) is 0 Å². The Morgan fingerprint density at radius 2 is 2.15 bits per heavy atom. The molecule has 2 aliphatic rings. The van der Waals surface area contributed by atoms with E-state index in [0.29, 0.717) is 6.54 Å². The molecule has 4 heteroatoms. The second kappa shape index (κ2) is 5.17.